The molecular formula is C10H14FNO. The van der Waals surface area contributed by atoms with Crippen LogP contribution < -0.4 is 5.73 Å². The first-order valence-electron chi connectivity index (χ1n) is 4.15. The summed E-state index contributed by atoms with van der Waals surface area (Å²) in [6.07, 6.45) is 0. The van der Waals surface area contributed by atoms with Gasteiger partial charge in [0.2, 0.25) is 0 Å². The molecule has 2 nitrogen and oxygen atoms in total. The lowest BCUT2D eigenvalue weighted by Gasteiger charge is -2.12. The van der Waals surface area contributed by atoms with Crippen molar-refractivity contribution in [3.05, 3.63) is 35.1 Å². The maximum Gasteiger partial charge on any atom is 0.128 e. The van der Waals surface area contributed by atoms with Crippen LogP contribution in [0, 0.1) is 12.7 Å². The summed E-state index contributed by atoms with van der Waals surface area (Å²) in [5.41, 5.74) is 7.23. The minimum Gasteiger partial charge on any atom is -0.383 e. The molecule has 0 bridgehead atoms. The van der Waals surface area contributed by atoms with Crippen molar-refractivity contribution in [2.24, 2.45) is 5.73 Å². The highest BCUT2D eigenvalue weighted by molar-refractivity contribution is 5.26. The Balaban J connectivity index is 2.91. The molecule has 1 atom stereocenters. The van der Waals surface area contributed by atoms with Crippen LogP contribution in [0.2, 0.25) is 0 Å². The van der Waals surface area contributed by atoms with E-state index >= 15 is 0 Å². The standard InChI is InChI=1S/C10H14FNO/c1-7-3-4-9(11)8(5-7)10(12)6-13-2/h3-5,10H,6,12H2,1-2H3/t10-/m0/s1. The number of methoxy groups -OCH3 is 1. The average molecular weight is 183 g/mol. The molecular weight excluding hydrogens is 169 g/mol. The third-order valence-electron chi connectivity index (χ3n) is 1.90. The van der Waals surface area contributed by atoms with E-state index in [0.29, 0.717) is 12.2 Å². The molecule has 0 aliphatic heterocycles. The van der Waals surface area contributed by atoms with Crippen molar-refractivity contribution in [2.45, 2.75) is 13.0 Å². The molecule has 1 aromatic rings. The molecule has 1 aromatic carbocycles. The van der Waals surface area contributed by atoms with Gasteiger partial charge in [-0.1, -0.05) is 17.7 Å². The molecule has 0 spiro atoms. The van der Waals surface area contributed by atoms with Crippen LogP contribution in [0.15, 0.2) is 18.2 Å². The zero-order chi connectivity index (χ0) is 9.84. The fourth-order valence-corrected chi connectivity index (χ4v) is 1.22. The molecule has 0 heterocycles. The fraction of sp³-hybridized carbons (Fsp3) is 0.400. The van der Waals surface area contributed by atoms with Crippen LogP contribution in [0.5, 0.6) is 0 Å². The van der Waals surface area contributed by atoms with Gasteiger partial charge in [0, 0.05) is 12.7 Å². The van der Waals surface area contributed by atoms with Gasteiger partial charge in [0.15, 0.2) is 0 Å². The van der Waals surface area contributed by atoms with E-state index in [9.17, 15) is 4.39 Å². The predicted molar refractivity (Wildman–Crippen MR) is 49.9 cm³/mol. The van der Waals surface area contributed by atoms with Gasteiger partial charge in [-0.3, -0.25) is 0 Å². The van der Waals surface area contributed by atoms with E-state index in [2.05, 4.69) is 0 Å². The third-order valence-corrected chi connectivity index (χ3v) is 1.90. The van der Waals surface area contributed by atoms with Crippen molar-refractivity contribution in [1.82, 2.24) is 0 Å². The van der Waals surface area contributed by atoms with Gasteiger partial charge in [-0.25, -0.2) is 4.39 Å². The topological polar surface area (TPSA) is 35.2 Å². The second kappa shape index (κ2) is 4.35. The van der Waals surface area contributed by atoms with E-state index < -0.39 is 0 Å². The van der Waals surface area contributed by atoms with Crippen LogP contribution in [-0.4, -0.2) is 13.7 Å². The highest BCUT2D eigenvalue weighted by Gasteiger charge is 2.10. The monoisotopic (exact) mass is 183 g/mol. The molecule has 0 saturated heterocycles. The van der Waals surface area contributed by atoms with Crippen LogP contribution in [0.3, 0.4) is 0 Å². The number of hydrogen-bond donors (Lipinski definition) is 1. The molecule has 0 saturated carbocycles. The van der Waals surface area contributed by atoms with Crippen molar-refractivity contribution in [3.8, 4) is 0 Å². The van der Waals surface area contributed by atoms with Gasteiger partial charge in [0.25, 0.3) is 0 Å². The Hall–Kier alpha value is -0.930. The van der Waals surface area contributed by atoms with Crippen LogP contribution >= 0.6 is 0 Å². The summed E-state index contributed by atoms with van der Waals surface area (Å²) in [5.74, 6) is -0.268. The molecule has 0 radical (unpaired) electrons. The Labute approximate surface area is 77.5 Å². The molecule has 72 valence electrons. The second-order valence-electron chi connectivity index (χ2n) is 3.09. The fourth-order valence-electron chi connectivity index (χ4n) is 1.22. The number of rotatable bonds is 3. The minimum absolute atomic E-state index is 0.268. The summed E-state index contributed by atoms with van der Waals surface area (Å²) < 4.78 is 18.1. The van der Waals surface area contributed by atoms with Crippen LogP contribution in [-0.2, 0) is 4.74 Å². The van der Waals surface area contributed by atoms with Gasteiger partial charge in [-0.2, -0.15) is 0 Å². The van der Waals surface area contributed by atoms with Crippen molar-refractivity contribution < 1.29 is 9.13 Å². The smallest absolute Gasteiger partial charge is 0.128 e. The maximum atomic E-state index is 13.2. The van der Waals surface area contributed by atoms with Gasteiger partial charge in [0.1, 0.15) is 5.82 Å². The van der Waals surface area contributed by atoms with Crippen LogP contribution in [0.4, 0.5) is 4.39 Å². The molecule has 13 heavy (non-hydrogen) atoms. The van der Waals surface area contributed by atoms with E-state index in [1.165, 1.54) is 6.07 Å². The van der Waals surface area contributed by atoms with Gasteiger partial charge in [-0.15, -0.1) is 0 Å². The number of aryl methyl sites for hydroxylation is 1. The molecule has 0 aliphatic rings. The summed E-state index contributed by atoms with van der Waals surface area (Å²) >= 11 is 0. The number of nitrogens with two attached hydrogens (primary N) is 1. The minimum atomic E-state index is -0.384. The molecule has 1 rings (SSSR count). The van der Waals surface area contributed by atoms with E-state index in [1.54, 1.807) is 19.2 Å². The molecule has 0 amide bonds. The largest absolute Gasteiger partial charge is 0.383 e. The second-order valence-corrected chi connectivity index (χ2v) is 3.09. The SMILES string of the molecule is COC[C@H](N)c1cc(C)ccc1F. The first kappa shape index (κ1) is 10.2. The molecule has 0 aliphatic carbocycles. The first-order chi connectivity index (χ1) is 6.15. The molecule has 2 N–H and O–H groups in total. The third kappa shape index (κ3) is 2.50. The van der Waals surface area contributed by atoms with E-state index in [-0.39, 0.29) is 11.9 Å². The molecule has 0 fully saturated rings. The normalized spacial score (nSPS) is 12.9. The highest BCUT2D eigenvalue weighted by Crippen LogP contribution is 2.16. The predicted octanol–water partition coefficient (Wildman–Crippen LogP) is 1.78. The van der Waals surface area contributed by atoms with Gasteiger partial charge in [-0.05, 0) is 13.0 Å². The molecule has 0 aromatic heterocycles. The Morgan fingerprint density at radius 2 is 2.23 bits per heavy atom. The van der Waals surface area contributed by atoms with E-state index in [1.807, 2.05) is 6.92 Å². The van der Waals surface area contributed by atoms with Gasteiger partial charge < -0.3 is 10.5 Å². The Kier molecular flexibility index (Phi) is 3.39. The quantitative estimate of drug-likeness (QED) is 0.775. The zero-order valence-corrected chi connectivity index (χ0v) is 7.88. The van der Waals surface area contributed by atoms with Crippen molar-refractivity contribution in [3.63, 3.8) is 0 Å². The maximum absolute atomic E-state index is 13.2. The molecule has 0 unspecified atom stereocenters. The highest BCUT2D eigenvalue weighted by atomic mass is 19.1. The van der Waals surface area contributed by atoms with Gasteiger partial charge >= 0.3 is 0 Å². The summed E-state index contributed by atoms with van der Waals surface area (Å²) in [7, 11) is 1.55. The van der Waals surface area contributed by atoms with Crippen LogP contribution in [0.25, 0.3) is 0 Å². The summed E-state index contributed by atoms with van der Waals surface area (Å²) in [5, 5.41) is 0. The summed E-state index contributed by atoms with van der Waals surface area (Å²) in [6, 6.07) is 4.52. The number of benzene rings is 1. The summed E-state index contributed by atoms with van der Waals surface area (Å²) in [6.45, 7) is 2.24. The lowest BCUT2D eigenvalue weighted by molar-refractivity contribution is 0.179. The summed E-state index contributed by atoms with van der Waals surface area (Å²) in [4.78, 5) is 0. The Morgan fingerprint density at radius 1 is 1.54 bits per heavy atom. The van der Waals surface area contributed by atoms with Crippen molar-refractivity contribution >= 4 is 0 Å². The van der Waals surface area contributed by atoms with Crippen molar-refractivity contribution in [2.75, 3.05) is 13.7 Å². The lowest BCUT2D eigenvalue weighted by Crippen LogP contribution is -2.17. The zero-order valence-electron chi connectivity index (χ0n) is 7.88. The van der Waals surface area contributed by atoms with Crippen LogP contribution in [0.1, 0.15) is 17.2 Å². The van der Waals surface area contributed by atoms with E-state index in [4.69, 9.17) is 10.5 Å². The number of halogens is 1. The Morgan fingerprint density at radius 3 is 2.85 bits per heavy atom. The van der Waals surface area contributed by atoms with Crippen molar-refractivity contribution in [1.29, 1.82) is 0 Å². The molecule has 3 heteroatoms. The average Bonchev–Trinajstić information content (AvgIpc) is 2.09. The lowest BCUT2D eigenvalue weighted by atomic mass is 10.1. The van der Waals surface area contributed by atoms with E-state index in [0.717, 1.165) is 5.56 Å². The number of hydrogen-bond acceptors (Lipinski definition) is 2. The first-order valence-corrected chi connectivity index (χ1v) is 4.15. The van der Waals surface area contributed by atoms with Gasteiger partial charge in [0.05, 0.1) is 12.6 Å². The Bertz CT molecular complexity index is 288. The number of ether oxygens (including phenoxy) is 1.